The lowest BCUT2D eigenvalue weighted by Gasteiger charge is -2.23. The molecular formula is C25H24N2O4. The van der Waals surface area contributed by atoms with Crippen LogP contribution in [-0.2, 0) is 4.74 Å². The van der Waals surface area contributed by atoms with Gasteiger partial charge in [-0.25, -0.2) is 9.80 Å². The number of rotatable bonds is 5. The molecule has 1 amide bonds. The summed E-state index contributed by atoms with van der Waals surface area (Å²) in [5.41, 5.74) is 2.36. The van der Waals surface area contributed by atoms with E-state index in [2.05, 4.69) is 0 Å². The molecule has 0 fully saturated rings. The minimum atomic E-state index is -0.429. The Bertz CT molecular complexity index is 1290. The van der Waals surface area contributed by atoms with Gasteiger partial charge in [-0.15, -0.1) is 0 Å². The van der Waals surface area contributed by atoms with Crippen LogP contribution in [0.2, 0.25) is 0 Å². The van der Waals surface area contributed by atoms with Crippen LogP contribution in [0.4, 0.5) is 0 Å². The van der Waals surface area contributed by atoms with Crippen molar-refractivity contribution >= 4 is 33.6 Å². The van der Waals surface area contributed by atoms with Gasteiger partial charge >= 0.3 is 5.97 Å². The monoisotopic (exact) mass is 416 g/mol. The highest BCUT2D eigenvalue weighted by Crippen LogP contribution is 2.38. The van der Waals surface area contributed by atoms with Crippen LogP contribution in [0.25, 0.3) is 21.7 Å². The number of esters is 1. The van der Waals surface area contributed by atoms with Crippen molar-refractivity contribution in [2.75, 3.05) is 25.8 Å². The van der Waals surface area contributed by atoms with E-state index in [1.54, 1.807) is 37.9 Å². The minimum Gasteiger partial charge on any atom is -0.496 e. The summed E-state index contributed by atoms with van der Waals surface area (Å²) in [7, 11) is 3.31. The second-order valence-corrected chi connectivity index (χ2v) is 7.21. The SMILES string of the molecule is CCOC(=O)c1c(C)n(N(C)C(=O)c2ccccc2)c2c1cc(OC)c1ccccc12. The maximum atomic E-state index is 13.3. The molecule has 1 heterocycles. The summed E-state index contributed by atoms with van der Waals surface area (Å²) in [6, 6.07) is 18.7. The second kappa shape index (κ2) is 8.14. The molecule has 1 aromatic heterocycles. The van der Waals surface area contributed by atoms with Gasteiger partial charge in [-0.2, -0.15) is 0 Å². The fourth-order valence-corrected chi connectivity index (χ4v) is 4.08. The van der Waals surface area contributed by atoms with Crippen LogP contribution >= 0.6 is 0 Å². The van der Waals surface area contributed by atoms with E-state index in [-0.39, 0.29) is 12.5 Å². The van der Waals surface area contributed by atoms with E-state index < -0.39 is 5.97 Å². The smallest absolute Gasteiger partial charge is 0.340 e. The van der Waals surface area contributed by atoms with Crippen LogP contribution in [-0.4, -0.2) is 37.3 Å². The molecule has 0 N–H and O–H groups in total. The zero-order chi connectivity index (χ0) is 22.1. The molecule has 0 atom stereocenters. The summed E-state index contributed by atoms with van der Waals surface area (Å²) in [5, 5.41) is 3.99. The van der Waals surface area contributed by atoms with Crippen LogP contribution in [0.15, 0.2) is 60.7 Å². The molecule has 4 aromatic rings. The molecule has 3 aromatic carbocycles. The number of aromatic nitrogens is 1. The van der Waals surface area contributed by atoms with E-state index in [1.807, 2.05) is 55.5 Å². The standard InChI is InChI=1S/C25H24N2O4/c1-5-31-25(29)22-16(2)27(26(3)24(28)17-11-7-6-8-12-17)23-19-14-10-9-13-18(19)21(30-4)15-20(22)23/h6-15H,5H2,1-4H3. The predicted molar refractivity (Wildman–Crippen MR) is 122 cm³/mol. The lowest BCUT2D eigenvalue weighted by molar-refractivity contribution is 0.0527. The third-order valence-corrected chi connectivity index (χ3v) is 5.45. The van der Waals surface area contributed by atoms with Crippen molar-refractivity contribution in [2.24, 2.45) is 0 Å². The summed E-state index contributed by atoms with van der Waals surface area (Å²) in [4.78, 5) is 26.2. The van der Waals surface area contributed by atoms with Crippen LogP contribution in [0.3, 0.4) is 0 Å². The number of carbonyl (C=O) groups excluding carboxylic acids is 2. The first-order valence-corrected chi connectivity index (χ1v) is 10.1. The van der Waals surface area contributed by atoms with E-state index in [1.165, 1.54) is 5.01 Å². The molecule has 158 valence electrons. The highest BCUT2D eigenvalue weighted by atomic mass is 16.5. The van der Waals surface area contributed by atoms with Crippen LogP contribution in [0.1, 0.15) is 33.3 Å². The van der Waals surface area contributed by atoms with E-state index in [0.717, 1.165) is 16.3 Å². The topological polar surface area (TPSA) is 60.8 Å². The first-order valence-electron chi connectivity index (χ1n) is 10.1. The Morgan fingerprint density at radius 3 is 2.26 bits per heavy atom. The molecule has 31 heavy (non-hydrogen) atoms. The largest absolute Gasteiger partial charge is 0.496 e. The van der Waals surface area contributed by atoms with Crippen LogP contribution in [0, 0.1) is 6.92 Å². The third kappa shape index (κ3) is 3.30. The highest BCUT2D eigenvalue weighted by molar-refractivity contribution is 6.17. The van der Waals surface area contributed by atoms with E-state index in [0.29, 0.717) is 28.0 Å². The van der Waals surface area contributed by atoms with Crippen molar-refractivity contribution < 1.29 is 19.1 Å². The van der Waals surface area contributed by atoms with Crippen molar-refractivity contribution in [3.05, 3.63) is 77.5 Å². The Hall–Kier alpha value is -3.80. The number of amides is 1. The number of carbonyl (C=O) groups is 2. The molecule has 6 nitrogen and oxygen atoms in total. The highest BCUT2D eigenvalue weighted by Gasteiger charge is 2.27. The molecule has 0 saturated carbocycles. The molecule has 0 aliphatic heterocycles. The maximum Gasteiger partial charge on any atom is 0.340 e. The van der Waals surface area contributed by atoms with E-state index in [9.17, 15) is 9.59 Å². The molecule has 0 saturated heterocycles. The van der Waals surface area contributed by atoms with Crippen molar-refractivity contribution in [3.8, 4) is 5.75 Å². The number of benzene rings is 3. The Morgan fingerprint density at radius 1 is 0.968 bits per heavy atom. The van der Waals surface area contributed by atoms with Crippen LogP contribution < -0.4 is 9.75 Å². The first-order chi connectivity index (χ1) is 15.0. The number of hydrogen-bond donors (Lipinski definition) is 0. The zero-order valence-corrected chi connectivity index (χ0v) is 18.0. The van der Waals surface area contributed by atoms with Crippen LogP contribution in [0.5, 0.6) is 5.75 Å². The van der Waals surface area contributed by atoms with Gasteiger partial charge in [0, 0.05) is 28.8 Å². The summed E-state index contributed by atoms with van der Waals surface area (Å²) >= 11 is 0. The van der Waals surface area contributed by atoms with Gasteiger partial charge in [0.05, 0.1) is 30.5 Å². The fraction of sp³-hybridized carbons (Fsp3) is 0.200. The molecule has 6 heteroatoms. The Morgan fingerprint density at radius 2 is 1.61 bits per heavy atom. The van der Waals surface area contributed by atoms with Gasteiger partial charge in [-0.1, -0.05) is 42.5 Å². The number of methoxy groups -OCH3 is 1. The molecule has 4 rings (SSSR count). The van der Waals surface area contributed by atoms with E-state index >= 15 is 0 Å². The van der Waals surface area contributed by atoms with Crippen molar-refractivity contribution in [2.45, 2.75) is 13.8 Å². The molecular weight excluding hydrogens is 392 g/mol. The second-order valence-electron chi connectivity index (χ2n) is 7.21. The van der Waals surface area contributed by atoms with Gasteiger partial charge in [-0.3, -0.25) is 9.47 Å². The Labute approximate surface area is 180 Å². The van der Waals surface area contributed by atoms with Gasteiger partial charge < -0.3 is 9.47 Å². The number of ether oxygens (including phenoxy) is 2. The molecule has 0 unspecified atom stereocenters. The zero-order valence-electron chi connectivity index (χ0n) is 18.0. The van der Waals surface area contributed by atoms with Gasteiger partial charge in [0.25, 0.3) is 5.91 Å². The Balaban J connectivity index is 2.07. The lowest BCUT2D eigenvalue weighted by atomic mass is 10.0. The molecule has 0 bridgehead atoms. The summed E-state index contributed by atoms with van der Waals surface area (Å²) in [5.74, 6) is 0.0420. The predicted octanol–water partition coefficient (Wildman–Crippen LogP) is 4.70. The first kappa shape index (κ1) is 20.5. The molecule has 0 aliphatic carbocycles. The quantitative estimate of drug-likeness (QED) is 0.443. The van der Waals surface area contributed by atoms with Gasteiger partial charge in [0.2, 0.25) is 0 Å². The third-order valence-electron chi connectivity index (χ3n) is 5.45. The normalized spacial score (nSPS) is 11.0. The minimum absolute atomic E-state index is 0.184. The maximum absolute atomic E-state index is 13.3. The van der Waals surface area contributed by atoms with Gasteiger partial charge in [0.15, 0.2) is 0 Å². The summed E-state index contributed by atoms with van der Waals surface area (Å²) < 4.78 is 12.7. The fourth-order valence-electron chi connectivity index (χ4n) is 4.08. The number of hydrogen-bond acceptors (Lipinski definition) is 4. The van der Waals surface area contributed by atoms with Gasteiger partial charge in [0.1, 0.15) is 5.75 Å². The summed E-state index contributed by atoms with van der Waals surface area (Å²) in [6.07, 6.45) is 0. The average Bonchev–Trinajstić information content (AvgIpc) is 3.10. The number of nitrogens with zero attached hydrogens (tertiary/aromatic N) is 2. The average molecular weight is 416 g/mol. The molecule has 0 spiro atoms. The lowest BCUT2D eigenvalue weighted by Crippen LogP contribution is -2.37. The summed E-state index contributed by atoms with van der Waals surface area (Å²) in [6.45, 7) is 3.85. The Kier molecular flexibility index (Phi) is 5.38. The van der Waals surface area contributed by atoms with Gasteiger partial charge in [-0.05, 0) is 32.0 Å². The number of fused-ring (bicyclic) bond motifs is 3. The molecule has 0 radical (unpaired) electrons. The van der Waals surface area contributed by atoms with E-state index in [4.69, 9.17) is 9.47 Å². The van der Waals surface area contributed by atoms with Crippen molar-refractivity contribution in [1.29, 1.82) is 0 Å². The van der Waals surface area contributed by atoms with Crippen molar-refractivity contribution in [3.63, 3.8) is 0 Å². The molecule has 0 aliphatic rings. The van der Waals surface area contributed by atoms with Crippen molar-refractivity contribution in [1.82, 2.24) is 4.68 Å².